The Morgan fingerprint density at radius 2 is 1.75 bits per heavy atom. The Morgan fingerprint density at radius 3 is 2.39 bits per heavy atom. The van der Waals surface area contributed by atoms with Crippen molar-refractivity contribution in [2.45, 2.75) is 77.2 Å². The zero-order chi connectivity index (χ0) is 19.9. The van der Waals surface area contributed by atoms with Crippen molar-refractivity contribution in [3.8, 4) is 5.75 Å². The van der Waals surface area contributed by atoms with Crippen LogP contribution in [0.3, 0.4) is 0 Å². The molecule has 1 aliphatic heterocycles. The number of allylic oxidation sites excluding steroid dienone is 1. The summed E-state index contributed by atoms with van der Waals surface area (Å²) in [4.78, 5) is 0. The van der Waals surface area contributed by atoms with Crippen LogP contribution in [-0.4, -0.2) is 19.3 Å². The average molecular weight is 393 g/mol. The normalized spacial score (nSPS) is 28.6. The Morgan fingerprint density at radius 1 is 1.00 bits per heavy atom. The average Bonchev–Trinajstić information content (AvgIpc) is 2.74. The lowest BCUT2D eigenvalue weighted by molar-refractivity contribution is -0.0150. The van der Waals surface area contributed by atoms with Gasteiger partial charge in [0, 0.05) is 0 Å². The molecule has 28 heavy (non-hydrogen) atoms. The number of benzene rings is 1. The van der Waals surface area contributed by atoms with Crippen LogP contribution in [0.2, 0.25) is 0 Å². The first-order valence-electron chi connectivity index (χ1n) is 11.0. The second kappa shape index (κ2) is 10.4. The van der Waals surface area contributed by atoms with Crippen molar-refractivity contribution in [2.24, 2.45) is 11.8 Å². The summed E-state index contributed by atoms with van der Waals surface area (Å²) in [5.74, 6) is -0.159. The summed E-state index contributed by atoms with van der Waals surface area (Å²) in [6.07, 6.45) is 12.8. The standard InChI is InChI=1S/C24H34F2O2/c1-3-5-6-20-12-11-19(16-28-20)17-7-9-18(10-8-17)21-13-14-22(27-15-4-2)24(26)23(21)25/h5-6,13-14,17-20H,3-4,7-12,15-16H2,1-2H3/b6-5+. The van der Waals surface area contributed by atoms with Crippen molar-refractivity contribution >= 4 is 0 Å². The Kier molecular flexibility index (Phi) is 7.90. The van der Waals surface area contributed by atoms with E-state index in [4.69, 9.17) is 9.47 Å². The maximum atomic E-state index is 14.6. The van der Waals surface area contributed by atoms with E-state index in [2.05, 4.69) is 19.1 Å². The Bertz CT molecular complexity index is 642. The molecule has 1 aromatic rings. The highest BCUT2D eigenvalue weighted by Gasteiger charge is 2.32. The van der Waals surface area contributed by atoms with Gasteiger partial charge in [-0.3, -0.25) is 0 Å². The van der Waals surface area contributed by atoms with Crippen LogP contribution in [0.1, 0.15) is 76.7 Å². The van der Waals surface area contributed by atoms with Crippen LogP contribution < -0.4 is 4.74 Å². The van der Waals surface area contributed by atoms with Crippen LogP contribution in [-0.2, 0) is 4.74 Å². The van der Waals surface area contributed by atoms with Crippen molar-refractivity contribution in [1.82, 2.24) is 0 Å². The van der Waals surface area contributed by atoms with Crippen LogP contribution in [0, 0.1) is 23.5 Å². The molecule has 1 saturated heterocycles. The van der Waals surface area contributed by atoms with Gasteiger partial charge in [-0.2, -0.15) is 4.39 Å². The van der Waals surface area contributed by atoms with E-state index >= 15 is 0 Å². The maximum Gasteiger partial charge on any atom is 0.200 e. The quantitative estimate of drug-likeness (QED) is 0.476. The molecule has 0 amide bonds. The zero-order valence-electron chi connectivity index (χ0n) is 17.3. The highest BCUT2D eigenvalue weighted by atomic mass is 19.2. The van der Waals surface area contributed by atoms with Crippen molar-refractivity contribution in [1.29, 1.82) is 0 Å². The molecule has 0 radical (unpaired) electrons. The van der Waals surface area contributed by atoms with E-state index in [1.807, 2.05) is 6.92 Å². The second-order valence-electron chi connectivity index (χ2n) is 8.29. The fourth-order valence-corrected chi connectivity index (χ4v) is 4.69. The van der Waals surface area contributed by atoms with Gasteiger partial charge in [-0.1, -0.05) is 32.1 Å². The highest BCUT2D eigenvalue weighted by molar-refractivity contribution is 5.33. The lowest BCUT2D eigenvalue weighted by atomic mass is 9.72. The molecule has 1 saturated carbocycles. The molecule has 1 aromatic carbocycles. The molecule has 4 heteroatoms. The minimum Gasteiger partial charge on any atom is -0.490 e. The lowest BCUT2D eigenvalue weighted by Gasteiger charge is -2.37. The molecule has 0 spiro atoms. The lowest BCUT2D eigenvalue weighted by Crippen LogP contribution is -2.31. The van der Waals surface area contributed by atoms with Crippen LogP contribution in [0.15, 0.2) is 24.3 Å². The first-order valence-corrected chi connectivity index (χ1v) is 11.0. The smallest absolute Gasteiger partial charge is 0.200 e. The van der Waals surface area contributed by atoms with Gasteiger partial charge < -0.3 is 9.47 Å². The third-order valence-corrected chi connectivity index (χ3v) is 6.35. The van der Waals surface area contributed by atoms with Crippen molar-refractivity contribution < 1.29 is 18.3 Å². The first-order chi connectivity index (χ1) is 13.6. The number of hydrogen-bond acceptors (Lipinski definition) is 2. The molecule has 156 valence electrons. The van der Waals surface area contributed by atoms with Gasteiger partial charge in [0.05, 0.1) is 19.3 Å². The molecule has 3 rings (SSSR count). The van der Waals surface area contributed by atoms with Crippen LogP contribution in [0.4, 0.5) is 8.78 Å². The molecular weight excluding hydrogens is 358 g/mol. The second-order valence-corrected chi connectivity index (χ2v) is 8.29. The summed E-state index contributed by atoms with van der Waals surface area (Å²) in [6.45, 7) is 5.32. The van der Waals surface area contributed by atoms with Gasteiger partial charge in [-0.25, -0.2) is 4.39 Å². The molecular formula is C24H34F2O2. The number of ether oxygens (including phenoxy) is 2. The molecule has 2 unspecified atom stereocenters. The summed E-state index contributed by atoms with van der Waals surface area (Å²) in [5, 5.41) is 0. The number of rotatable bonds is 7. The Balaban J connectivity index is 1.53. The SMILES string of the molecule is CC/C=C/C1CCC(C2CCC(c3ccc(OCCC)c(F)c3F)CC2)CO1. The van der Waals surface area contributed by atoms with Crippen LogP contribution in [0.25, 0.3) is 0 Å². The van der Waals surface area contributed by atoms with Crippen LogP contribution >= 0.6 is 0 Å². The van der Waals surface area contributed by atoms with Gasteiger partial charge in [0.25, 0.3) is 0 Å². The van der Waals surface area contributed by atoms with Crippen molar-refractivity contribution in [3.63, 3.8) is 0 Å². The number of hydrogen-bond donors (Lipinski definition) is 0. The van der Waals surface area contributed by atoms with Crippen molar-refractivity contribution in [3.05, 3.63) is 41.5 Å². The summed E-state index contributed by atoms with van der Waals surface area (Å²) < 4.78 is 40.2. The van der Waals surface area contributed by atoms with E-state index in [9.17, 15) is 8.78 Å². The Labute approximate surface area is 168 Å². The molecule has 1 heterocycles. The number of halogens is 2. The monoisotopic (exact) mass is 392 g/mol. The molecule has 2 fully saturated rings. The minimum absolute atomic E-state index is 0.0304. The van der Waals surface area contributed by atoms with Gasteiger partial charge in [-0.15, -0.1) is 0 Å². The fourth-order valence-electron chi connectivity index (χ4n) is 4.69. The van der Waals surface area contributed by atoms with E-state index < -0.39 is 11.6 Å². The minimum atomic E-state index is -0.833. The van der Waals surface area contributed by atoms with Gasteiger partial charge in [-0.05, 0) is 80.8 Å². The summed E-state index contributed by atoms with van der Waals surface area (Å²) in [5.41, 5.74) is 0.518. The van der Waals surface area contributed by atoms with Crippen LogP contribution in [0.5, 0.6) is 5.75 Å². The largest absolute Gasteiger partial charge is 0.490 e. The predicted molar refractivity (Wildman–Crippen MR) is 109 cm³/mol. The van der Waals surface area contributed by atoms with Gasteiger partial charge >= 0.3 is 0 Å². The summed E-state index contributed by atoms with van der Waals surface area (Å²) >= 11 is 0. The zero-order valence-corrected chi connectivity index (χ0v) is 17.3. The summed E-state index contributed by atoms with van der Waals surface area (Å²) in [6, 6.07) is 3.32. The third kappa shape index (κ3) is 5.14. The maximum absolute atomic E-state index is 14.6. The molecule has 1 aliphatic carbocycles. The van der Waals surface area contributed by atoms with Gasteiger partial charge in [0.15, 0.2) is 11.6 Å². The van der Waals surface area contributed by atoms with E-state index in [1.54, 1.807) is 12.1 Å². The predicted octanol–water partition coefficient (Wildman–Crippen LogP) is 6.79. The molecule has 2 atom stereocenters. The van der Waals surface area contributed by atoms with E-state index in [0.717, 1.165) is 51.6 Å². The molecule has 0 N–H and O–H groups in total. The van der Waals surface area contributed by atoms with Gasteiger partial charge in [0.2, 0.25) is 5.82 Å². The van der Waals surface area contributed by atoms with E-state index in [1.165, 1.54) is 6.42 Å². The molecule has 0 bridgehead atoms. The molecule has 2 nitrogen and oxygen atoms in total. The first kappa shape index (κ1) is 21.3. The molecule has 0 aromatic heterocycles. The topological polar surface area (TPSA) is 18.5 Å². The highest BCUT2D eigenvalue weighted by Crippen LogP contribution is 2.42. The third-order valence-electron chi connectivity index (χ3n) is 6.35. The molecule has 2 aliphatic rings. The summed E-state index contributed by atoms with van der Waals surface area (Å²) in [7, 11) is 0. The van der Waals surface area contributed by atoms with Crippen molar-refractivity contribution in [2.75, 3.05) is 13.2 Å². The Hall–Kier alpha value is -1.42. The van der Waals surface area contributed by atoms with E-state index in [0.29, 0.717) is 24.0 Å². The fraction of sp³-hybridized carbons (Fsp3) is 0.667. The van der Waals surface area contributed by atoms with Gasteiger partial charge in [0.1, 0.15) is 0 Å². The van der Waals surface area contributed by atoms with E-state index in [-0.39, 0.29) is 17.8 Å².